The van der Waals surface area contributed by atoms with E-state index in [1.165, 1.54) is 0 Å². The summed E-state index contributed by atoms with van der Waals surface area (Å²) in [7, 11) is 0. The Kier molecular flexibility index (Phi) is 1.44. The van der Waals surface area contributed by atoms with Crippen molar-refractivity contribution in [1.29, 1.82) is 0 Å². The van der Waals surface area contributed by atoms with Crippen molar-refractivity contribution in [2.45, 2.75) is 0 Å². The van der Waals surface area contributed by atoms with Gasteiger partial charge in [-0.15, -0.1) is 0 Å². The van der Waals surface area contributed by atoms with Crippen molar-refractivity contribution in [3.8, 4) is 5.75 Å². The van der Waals surface area contributed by atoms with E-state index in [0.29, 0.717) is 0 Å². The minimum atomic E-state index is -0.321. The number of aromatic nitrogens is 1. The van der Waals surface area contributed by atoms with Crippen molar-refractivity contribution < 1.29 is 5.11 Å². The van der Waals surface area contributed by atoms with Crippen LogP contribution in [0.3, 0.4) is 0 Å². The molecule has 0 saturated heterocycles. The maximum atomic E-state index is 10.4. The van der Waals surface area contributed by atoms with Gasteiger partial charge >= 0.3 is 0 Å². The quantitative estimate of drug-likeness (QED) is 0.566. The molecule has 1 rings (SSSR count). The second-order valence-electron chi connectivity index (χ2n) is 1.53. The minimum Gasteiger partial charge on any atom is -0.505 e. The molecule has 0 bridgehead atoms. The summed E-state index contributed by atoms with van der Waals surface area (Å²) in [6.45, 7) is 0. The Hall–Kier alpha value is -0.960. The van der Waals surface area contributed by atoms with E-state index < -0.39 is 0 Å². The van der Waals surface area contributed by atoms with Crippen LogP contribution in [0.25, 0.3) is 0 Å². The van der Waals surface area contributed by atoms with Crippen molar-refractivity contribution in [2.75, 3.05) is 0 Å². The van der Waals surface area contributed by atoms with Crippen LogP contribution in [0.5, 0.6) is 5.75 Å². The Balaban J connectivity index is 3.34. The second-order valence-corrected chi connectivity index (χ2v) is 1.94. The number of rotatable bonds is 0. The van der Waals surface area contributed by atoms with Crippen LogP contribution in [0, 0.1) is 0 Å². The lowest BCUT2D eigenvalue weighted by molar-refractivity contribution is 0.472. The maximum absolute atomic E-state index is 10.4. The van der Waals surface area contributed by atoms with Gasteiger partial charge in [0, 0.05) is 12.3 Å². The van der Waals surface area contributed by atoms with E-state index in [1.54, 1.807) is 0 Å². The van der Waals surface area contributed by atoms with Crippen molar-refractivity contribution in [1.82, 2.24) is 4.98 Å². The summed E-state index contributed by atoms with van der Waals surface area (Å²) in [6, 6.07) is 1.11. The minimum absolute atomic E-state index is 0.0683. The zero-order valence-electron chi connectivity index (χ0n) is 4.39. The van der Waals surface area contributed by atoms with E-state index in [0.717, 1.165) is 12.3 Å². The third-order valence-corrected chi connectivity index (χ3v) is 1.16. The predicted molar refractivity (Wildman–Crippen MR) is 33.7 cm³/mol. The molecule has 0 saturated carbocycles. The fraction of sp³-hybridized carbons (Fsp3) is 0. The highest BCUT2D eigenvalue weighted by Gasteiger charge is 1.94. The Labute approximate surface area is 55.9 Å². The number of hydrogen-bond acceptors (Lipinski definition) is 2. The monoisotopic (exact) mass is 145 g/mol. The first kappa shape index (κ1) is 6.16. The standard InChI is InChI=1S/C5H4ClNO2/c6-3-1-5(9)7-2-4(3)8/h1-2,8H,(H,7,9). The van der Waals surface area contributed by atoms with Crippen LogP contribution in [0.1, 0.15) is 0 Å². The summed E-state index contributed by atoms with van der Waals surface area (Å²) in [5.74, 6) is -0.115. The van der Waals surface area contributed by atoms with Gasteiger partial charge in [-0.25, -0.2) is 0 Å². The molecular formula is C5H4ClNO2. The molecule has 0 aliphatic carbocycles. The fourth-order valence-corrected chi connectivity index (χ4v) is 0.593. The van der Waals surface area contributed by atoms with Gasteiger partial charge in [0.25, 0.3) is 0 Å². The summed E-state index contributed by atoms with van der Waals surface area (Å²) in [4.78, 5) is 12.6. The van der Waals surface area contributed by atoms with Crippen molar-refractivity contribution in [3.05, 3.63) is 27.6 Å². The SMILES string of the molecule is O=c1cc(Cl)c(O)c[nH]1. The molecule has 4 heteroatoms. The highest BCUT2D eigenvalue weighted by Crippen LogP contribution is 2.17. The summed E-state index contributed by atoms with van der Waals surface area (Å²) >= 11 is 5.34. The molecule has 0 spiro atoms. The molecule has 2 N–H and O–H groups in total. The van der Waals surface area contributed by atoms with E-state index >= 15 is 0 Å². The highest BCUT2D eigenvalue weighted by molar-refractivity contribution is 6.31. The Morgan fingerprint density at radius 2 is 2.33 bits per heavy atom. The molecule has 1 heterocycles. The molecule has 0 aliphatic rings. The molecule has 9 heavy (non-hydrogen) atoms. The maximum Gasteiger partial charge on any atom is 0.249 e. The molecule has 0 fully saturated rings. The van der Waals surface area contributed by atoms with E-state index in [4.69, 9.17) is 16.7 Å². The molecule has 0 unspecified atom stereocenters. The molecule has 1 aromatic heterocycles. The summed E-state index contributed by atoms with van der Waals surface area (Å²) < 4.78 is 0. The fourth-order valence-electron chi connectivity index (χ4n) is 0.439. The molecule has 1 aromatic rings. The van der Waals surface area contributed by atoms with Crippen LogP contribution in [-0.4, -0.2) is 10.1 Å². The van der Waals surface area contributed by atoms with Crippen LogP contribution in [0.15, 0.2) is 17.1 Å². The van der Waals surface area contributed by atoms with Crippen LogP contribution >= 0.6 is 11.6 Å². The second kappa shape index (κ2) is 2.11. The number of H-pyrrole nitrogens is 1. The van der Waals surface area contributed by atoms with Gasteiger partial charge in [-0.3, -0.25) is 4.79 Å². The van der Waals surface area contributed by atoms with E-state index in [9.17, 15) is 4.79 Å². The predicted octanol–water partition coefficient (Wildman–Crippen LogP) is 0.734. The van der Waals surface area contributed by atoms with Gasteiger partial charge in [0.15, 0.2) is 0 Å². The van der Waals surface area contributed by atoms with Crippen molar-refractivity contribution >= 4 is 11.6 Å². The largest absolute Gasteiger partial charge is 0.505 e. The first-order chi connectivity index (χ1) is 4.20. The number of pyridine rings is 1. The van der Waals surface area contributed by atoms with Crippen LogP contribution in [0.2, 0.25) is 5.02 Å². The van der Waals surface area contributed by atoms with Gasteiger partial charge in [0.05, 0.1) is 5.02 Å². The molecule has 0 aromatic carbocycles. The van der Waals surface area contributed by atoms with Gasteiger partial charge in [-0.1, -0.05) is 11.6 Å². The lowest BCUT2D eigenvalue weighted by atomic mass is 10.5. The van der Waals surface area contributed by atoms with Gasteiger partial charge in [-0.05, 0) is 0 Å². The number of hydrogen-bond donors (Lipinski definition) is 2. The number of aromatic amines is 1. The number of aromatic hydroxyl groups is 1. The molecule has 0 atom stereocenters. The third kappa shape index (κ3) is 1.23. The number of halogens is 1. The van der Waals surface area contributed by atoms with Gasteiger partial charge in [0.2, 0.25) is 5.56 Å². The van der Waals surface area contributed by atoms with Crippen molar-refractivity contribution in [2.24, 2.45) is 0 Å². The van der Waals surface area contributed by atoms with Gasteiger partial charge in [-0.2, -0.15) is 0 Å². The summed E-state index contributed by atoms with van der Waals surface area (Å²) in [6.07, 6.45) is 1.14. The van der Waals surface area contributed by atoms with Gasteiger partial charge in [0.1, 0.15) is 5.75 Å². The lowest BCUT2D eigenvalue weighted by Crippen LogP contribution is -2.00. The van der Waals surface area contributed by atoms with E-state index in [1.807, 2.05) is 0 Å². The first-order valence-corrected chi connectivity index (χ1v) is 2.65. The zero-order chi connectivity index (χ0) is 6.85. The summed E-state index contributed by atoms with van der Waals surface area (Å²) in [5.41, 5.74) is -0.321. The lowest BCUT2D eigenvalue weighted by Gasteiger charge is -1.90. The Morgan fingerprint density at radius 1 is 1.67 bits per heavy atom. The average molecular weight is 146 g/mol. The first-order valence-electron chi connectivity index (χ1n) is 2.27. The normalized spacial score (nSPS) is 9.44. The van der Waals surface area contributed by atoms with Crippen molar-refractivity contribution in [3.63, 3.8) is 0 Å². The molecule has 3 nitrogen and oxygen atoms in total. The summed E-state index contributed by atoms with van der Waals surface area (Å²) in [5, 5.41) is 8.81. The zero-order valence-corrected chi connectivity index (χ0v) is 5.14. The van der Waals surface area contributed by atoms with Crippen LogP contribution in [0.4, 0.5) is 0 Å². The van der Waals surface area contributed by atoms with E-state index in [2.05, 4.69) is 4.98 Å². The molecule has 0 radical (unpaired) electrons. The molecular weight excluding hydrogens is 142 g/mol. The van der Waals surface area contributed by atoms with Crippen LogP contribution < -0.4 is 5.56 Å². The molecule has 0 amide bonds. The Bertz CT molecular complexity index is 268. The van der Waals surface area contributed by atoms with E-state index in [-0.39, 0.29) is 16.3 Å². The average Bonchev–Trinajstić information content (AvgIpc) is 1.80. The highest BCUT2D eigenvalue weighted by atomic mass is 35.5. The Morgan fingerprint density at radius 3 is 2.78 bits per heavy atom. The topological polar surface area (TPSA) is 53.1 Å². The third-order valence-electron chi connectivity index (χ3n) is 0.854. The smallest absolute Gasteiger partial charge is 0.249 e. The van der Waals surface area contributed by atoms with Gasteiger partial charge < -0.3 is 10.1 Å². The van der Waals surface area contributed by atoms with Crippen LogP contribution in [-0.2, 0) is 0 Å². The molecule has 0 aliphatic heterocycles. The molecule has 48 valence electrons. The number of nitrogens with one attached hydrogen (secondary N) is 1.